The summed E-state index contributed by atoms with van der Waals surface area (Å²) in [5, 5.41) is 27.7. The van der Waals surface area contributed by atoms with Gasteiger partial charge in [-0.3, -0.25) is 4.79 Å². The number of ether oxygens (including phenoxy) is 1. The molecule has 5 nitrogen and oxygen atoms in total. The molecule has 0 radical (unpaired) electrons. The maximum atomic E-state index is 12.0. The van der Waals surface area contributed by atoms with Crippen molar-refractivity contribution in [1.82, 2.24) is 0 Å². The number of hydrogen-bond acceptors (Lipinski definition) is 5. The summed E-state index contributed by atoms with van der Waals surface area (Å²) in [6, 6.07) is 0. The van der Waals surface area contributed by atoms with Gasteiger partial charge in [0.15, 0.2) is 5.78 Å². The van der Waals surface area contributed by atoms with Gasteiger partial charge in [0.2, 0.25) is 0 Å². The molecule has 3 N–H and O–H groups in total. The molecule has 1 aliphatic heterocycles. The lowest BCUT2D eigenvalue weighted by Crippen LogP contribution is -2.16. The van der Waals surface area contributed by atoms with Crippen LogP contribution in [0.25, 0.3) is 0 Å². The first-order valence-electron chi connectivity index (χ1n) is 9.14. The molecule has 25 heavy (non-hydrogen) atoms. The van der Waals surface area contributed by atoms with E-state index in [9.17, 15) is 15.0 Å². The van der Waals surface area contributed by atoms with E-state index < -0.39 is 5.60 Å². The Labute approximate surface area is 151 Å². The van der Waals surface area contributed by atoms with E-state index in [1.165, 1.54) is 12.2 Å². The van der Waals surface area contributed by atoms with Crippen molar-refractivity contribution >= 4 is 5.78 Å². The number of aliphatic hydroxyl groups is 3. The lowest BCUT2D eigenvalue weighted by Gasteiger charge is -2.12. The molecular formula is C20H34O5. The average Bonchev–Trinajstić information content (AvgIpc) is 3.18. The first-order chi connectivity index (χ1) is 11.6. The highest BCUT2D eigenvalue weighted by atomic mass is 16.6. The smallest absolute Gasteiger partial charge is 0.158 e. The topological polar surface area (TPSA) is 90.3 Å². The normalized spacial score (nSPS) is 25.4. The van der Waals surface area contributed by atoms with Gasteiger partial charge in [-0.25, -0.2) is 0 Å². The van der Waals surface area contributed by atoms with Crippen LogP contribution in [0.4, 0.5) is 0 Å². The lowest BCUT2D eigenvalue weighted by atomic mass is 9.92. The van der Waals surface area contributed by atoms with Gasteiger partial charge < -0.3 is 20.1 Å². The number of hydrogen-bond donors (Lipinski definition) is 3. The van der Waals surface area contributed by atoms with Crippen molar-refractivity contribution in [2.45, 2.75) is 77.1 Å². The fourth-order valence-corrected chi connectivity index (χ4v) is 2.92. The zero-order valence-electron chi connectivity index (χ0n) is 16.0. The minimum absolute atomic E-state index is 0.0260. The molecular weight excluding hydrogens is 320 g/mol. The Morgan fingerprint density at radius 1 is 1.36 bits per heavy atom. The molecule has 1 heterocycles. The Hall–Kier alpha value is -1.01. The van der Waals surface area contributed by atoms with E-state index in [2.05, 4.69) is 6.92 Å². The van der Waals surface area contributed by atoms with E-state index in [1.807, 2.05) is 6.92 Å². The predicted molar refractivity (Wildman–Crippen MR) is 98.2 cm³/mol. The zero-order chi connectivity index (χ0) is 19.1. The maximum absolute atomic E-state index is 12.0. The van der Waals surface area contributed by atoms with Crippen LogP contribution < -0.4 is 0 Å². The summed E-state index contributed by atoms with van der Waals surface area (Å²) in [6.07, 6.45) is 9.03. The van der Waals surface area contributed by atoms with E-state index in [0.717, 1.165) is 37.7 Å². The molecule has 0 unspecified atom stereocenters. The summed E-state index contributed by atoms with van der Waals surface area (Å²) < 4.78 is 5.81. The quantitative estimate of drug-likeness (QED) is 0.285. The molecule has 144 valence electrons. The van der Waals surface area contributed by atoms with Gasteiger partial charge in [-0.1, -0.05) is 19.1 Å². The molecule has 1 aliphatic rings. The summed E-state index contributed by atoms with van der Waals surface area (Å²) in [4.78, 5) is 12.0. The molecule has 0 aromatic heterocycles. The van der Waals surface area contributed by atoms with Crippen molar-refractivity contribution in [3.05, 3.63) is 23.8 Å². The van der Waals surface area contributed by atoms with Crippen LogP contribution >= 0.6 is 0 Å². The highest BCUT2D eigenvalue weighted by Gasteiger charge is 2.50. The molecule has 0 saturated carbocycles. The van der Waals surface area contributed by atoms with E-state index in [0.29, 0.717) is 0 Å². The molecule has 1 saturated heterocycles. The minimum Gasteiger partial charge on any atom is -0.392 e. The first-order valence-corrected chi connectivity index (χ1v) is 9.14. The molecule has 0 spiro atoms. The van der Waals surface area contributed by atoms with E-state index in [1.54, 1.807) is 19.9 Å². The molecule has 0 bridgehead atoms. The van der Waals surface area contributed by atoms with Gasteiger partial charge in [0.1, 0.15) is 0 Å². The van der Waals surface area contributed by atoms with Crippen molar-refractivity contribution in [3.63, 3.8) is 0 Å². The molecule has 0 aromatic rings. The maximum Gasteiger partial charge on any atom is 0.158 e. The highest BCUT2D eigenvalue weighted by molar-refractivity contribution is 5.91. The third-order valence-corrected chi connectivity index (χ3v) is 4.80. The van der Waals surface area contributed by atoms with Gasteiger partial charge in [-0.2, -0.15) is 0 Å². The van der Waals surface area contributed by atoms with Crippen LogP contribution in [-0.4, -0.2) is 51.6 Å². The van der Waals surface area contributed by atoms with Crippen LogP contribution in [-0.2, 0) is 9.53 Å². The van der Waals surface area contributed by atoms with Crippen molar-refractivity contribution < 1.29 is 24.9 Å². The number of ketones is 1. The second-order valence-electron chi connectivity index (χ2n) is 7.84. The Balaban J connectivity index is 2.29. The summed E-state index contributed by atoms with van der Waals surface area (Å²) in [5.41, 5.74) is -0.250. The Kier molecular flexibility index (Phi) is 8.48. The summed E-state index contributed by atoms with van der Waals surface area (Å²) >= 11 is 0. The second-order valence-corrected chi connectivity index (χ2v) is 7.84. The SMILES string of the molecule is C[C@H](CCC[C@@]1(C)O[C@@H]1CC/C(=C\CO)CO)C(=O)/C=C/C(C)(C)O. The Morgan fingerprint density at radius 2 is 2.04 bits per heavy atom. The van der Waals surface area contributed by atoms with Crippen molar-refractivity contribution in [2.24, 2.45) is 5.92 Å². The largest absolute Gasteiger partial charge is 0.392 e. The molecule has 0 aliphatic carbocycles. The predicted octanol–water partition coefficient (Wildman–Crippen LogP) is 2.54. The fraction of sp³-hybridized carbons (Fsp3) is 0.750. The van der Waals surface area contributed by atoms with Crippen LogP contribution in [0.1, 0.15) is 59.8 Å². The van der Waals surface area contributed by atoms with Crippen LogP contribution in [0, 0.1) is 5.92 Å². The number of carbonyl (C=O) groups excluding carboxylic acids is 1. The molecule has 3 atom stereocenters. The highest BCUT2D eigenvalue weighted by Crippen LogP contribution is 2.43. The van der Waals surface area contributed by atoms with Crippen molar-refractivity contribution in [3.8, 4) is 0 Å². The first kappa shape index (κ1) is 22.0. The van der Waals surface area contributed by atoms with Gasteiger partial charge in [0, 0.05) is 5.92 Å². The number of carbonyl (C=O) groups is 1. The van der Waals surface area contributed by atoms with E-state index in [-0.39, 0.29) is 36.6 Å². The average molecular weight is 354 g/mol. The summed E-state index contributed by atoms with van der Waals surface area (Å²) in [7, 11) is 0. The van der Waals surface area contributed by atoms with Crippen molar-refractivity contribution in [1.29, 1.82) is 0 Å². The Bertz CT molecular complexity index is 489. The number of rotatable bonds is 12. The molecule has 0 aromatic carbocycles. The fourth-order valence-electron chi connectivity index (χ4n) is 2.92. The van der Waals surface area contributed by atoms with Gasteiger partial charge >= 0.3 is 0 Å². The van der Waals surface area contributed by atoms with Crippen LogP contribution in [0.15, 0.2) is 23.8 Å². The van der Waals surface area contributed by atoms with Crippen LogP contribution in [0.5, 0.6) is 0 Å². The number of allylic oxidation sites excluding steroid dienone is 1. The standard InChI is InChI=1S/C20H34O5/c1-15(17(23)9-12-19(2,3)24)6-5-11-20(4)18(25-20)8-7-16(14-22)10-13-21/h9-10,12,15,18,21-22,24H,5-8,11,13-14H2,1-4H3/b12-9+,16-10+/t15-,18-,20-/m1/s1. The van der Waals surface area contributed by atoms with Crippen LogP contribution in [0.3, 0.4) is 0 Å². The molecule has 1 fully saturated rings. The van der Waals surface area contributed by atoms with E-state index >= 15 is 0 Å². The van der Waals surface area contributed by atoms with E-state index in [4.69, 9.17) is 9.84 Å². The summed E-state index contributed by atoms with van der Waals surface area (Å²) in [6.45, 7) is 7.22. The number of aliphatic hydroxyl groups excluding tert-OH is 2. The molecule has 1 rings (SSSR count). The van der Waals surface area contributed by atoms with Gasteiger partial charge in [-0.15, -0.1) is 0 Å². The lowest BCUT2D eigenvalue weighted by molar-refractivity contribution is -0.118. The molecule has 5 heteroatoms. The van der Waals surface area contributed by atoms with Crippen molar-refractivity contribution in [2.75, 3.05) is 13.2 Å². The zero-order valence-corrected chi connectivity index (χ0v) is 16.0. The van der Waals surface area contributed by atoms with Gasteiger partial charge in [0.05, 0.1) is 30.5 Å². The summed E-state index contributed by atoms with van der Waals surface area (Å²) in [5.74, 6) is -0.0184. The Morgan fingerprint density at radius 3 is 2.60 bits per heavy atom. The molecule has 0 amide bonds. The number of epoxide rings is 1. The van der Waals surface area contributed by atoms with Crippen LogP contribution in [0.2, 0.25) is 0 Å². The monoisotopic (exact) mass is 354 g/mol. The van der Waals surface area contributed by atoms with Gasteiger partial charge in [-0.05, 0) is 64.5 Å². The third kappa shape index (κ3) is 8.27. The second kappa shape index (κ2) is 9.62. The minimum atomic E-state index is -0.962. The third-order valence-electron chi connectivity index (χ3n) is 4.80. The van der Waals surface area contributed by atoms with Gasteiger partial charge in [0.25, 0.3) is 0 Å².